The number of piperidine rings is 1. The van der Waals surface area contributed by atoms with Crippen LogP contribution in [0.5, 0.6) is 11.5 Å². The van der Waals surface area contributed by atoms with E-state index in [1.165, 1.54) is 55.6 Å². The maximum Gasteiger partial charge on any atom is 0.324 e. The summed E-state index contributed by atoms with van der Waals surface area (Å²) in [5, 5.41) is -0.966. The fourth-order valence-corrected chi connectivity index (χ4v) is 7.18. The molecule has 1 aliphatic heterocycles. The number of carbonyl (C=O) groups excluding carboxylic acids is 1. The predicted octanol–water partition coefficient (Wildman–Crippen LogP) is 2.27. The maximum atomic E-state index is 13.3. The minimum Gasteiger partial charge on any atom is -0.497 e. The zero-order valence-corrected chi connectivity index (χ0v) is 21.3. The number of hydrogen-bond acceptors (Lipinski definition) is 8. The molecule has 9 nitrogen and oxygen atoms in total. The summed E-state index contributed by atoms with van der Waals surface area (Å²) in [4.78, 5) is 12.6. The minimum atomic E-state index is -4.09. The molecule has 0 amide bonds. The first-order valence-corrected chi connectivity index (χ1v) is 13.7. The molecule has 1 saturated heterocycles. The van der Waals surface area contributed by atoms with Crippen LogP contribution in [0.4, 0.5) is 0 Å². The highest BCUT2D eigenvalue weighted by atomic mass is 32.2. The van der Waals surface area contributed by atoms with Gasteiger partial charge in [0, 0.05) is 6.54 Å². The van der Waals surface area contributed by atoms with Gasteiger partial charge in [-0.05, 0) is 68.3 Å². The number of benzene rings is 2. The molecule has 0 bridgehead atoms. The van der Waals surface area contributed by atoms with Crippen molar-refractivity contribution in [2.75, 3.05) is 27.4 Å². The van der Waals surface area contributed by atoms with Gasteiger partial charge in [0.1, 0.15) is 24.1 Å². The molecule has 2 aromatic rings. The molecule has 0 aliphatic carbocycles. The Bertz CT molecular complexity index is 1310. The van der Waals surface area contributed by atoms with E-state index in [4.69, 9.17) is 14.2 Å². The van der Waals surface area contributed by atoms with E-state index >= 15 is 0 Å². The third-order valence-electron chi connectivity index (χ3n) is 5.72. The van der Waals surface area contributed by atoms with Crippen molar-refractivity contribution in [3.63, 3.8) is 0 Å². The van der Waals surface area contributed by atoms with Crippen LogP contribution in [-0.2, 0) is 29.4 Å². The Morgan fingerprint density at radius 2 is 1.57 bits per heavy atom. The lowest BCUT2D eigenvalue weighted by atomic mass is 10.0. The first kappa shape index (κ1) is 26.5. The standard InChI is InChI=1S/C24H27NO8S2/c1-4-5-16-33-19-8-10-20(11-9-19)34(27,28)22-14-15-25(23(17-22)24(26)32-3)35(29,30)21-12-6-18(31-2)7-13-21/h6-13,22-23H,14-17H2,1-3H3. The van der Waals surface area contributed by atoms with Gasteiger partial charge < -0.3 is 14.2 Å². The molecule has 1 aliphatic rings. The van der Waals surface area contributed by atoms with E-state index < -0.39 is 37.1 Å². The number of nitrogens with zero attached hydrogens (tertiary/aromatic N) is 1. The number of carbonyl (C=O) groups is 1. The van der Waals surface area contributed by atoms with Gasteiger partial charge in [0.15, 0.2) is 9.84 Å². The van der Waals surface area contributed by atoms with E-state index in [1.54, 1.807) is 6.92 Å². The van der Waals surface area contributed by atoms with Crippen LogP contribution in [0.3, 0.4) is 0 Å². The molecule has 1 heterocycles. The largest absolute Gasteiger partial charge is 0.497 e. The van der Waals surface area contributed by atoms with Gasteiger partial charge in [0.2, 0.25) is 10.0 Å². The van der Waals surface area contributed by atoms with Crippen molar-refractivity contribution in [2.45, 2.75) is 40.8 Å². The summed E-state index contributed by atoms with van der Waals surface area (Å²) in [6.07, 6.45) is -0.204. The number of sulfonamides is 1. The molecule has 0 radical (unpaired) electrons. The average molecular weight is 522 g/mol. The average Bonchev–Trinajstić information content (AvgIpc) is 2.88. The van der Waals surface area contributed by atoms with Gasteiger partial charge in [0.05, 0.1) is 29.3 Å². The smallest absolute Gasteiger partial charge is 0.324 e. The van der Waals surface area contributed by atoms with Crippen molar-refractivity contribution in [1.29, 1.82) is 0 Å². The number of methoxy groups -OCH3 is 2. The summed E-state index contributed by atoms with van der Waals surface area (Å²) >= 11 is 0. The van der Waals surface area contributed by atoms with Gasteiger partial charge in [-0.3, -0.25) is 4.79 Å². The molecule has 0 spiro atoms. The second-order valence-corrected chi connectivity index (χ2v) is 11.8. The van der Waals surface area contributed by atoms with E-state index in [0.717, 1.165) is 11.4 Å². The van der Waals surface area contributed by atoms with Crippen molar-refractivity contribution in [3.05, 3.63) is 48.5 Å². The van der Waals surface area contributed by atoms with E-state index in [0.29, 0.717) is 11.5 Å². The quantitative estimate of drug-likeness (QED) is 0.384. The summed E-state index contributed by atoms with van der Waals surface area (Å²) in [6, 6.07) is 10.4. The molecule has 2 atom stereocenters. The van der Waals surface area contributed by atoms with Gasteiger partial charge in [-0.1, -0.05) is 5.92 Å². The minimum absolute atomic E-state index is 0.0234. The second kappa shape index (κ2) is 11.1. The summed E-state index contributed by atoms with van der Waals surface area (Å²) in [6.45, 7) is 1.72. The Kier molecular flexibility index (Phi) is 8.43. The first-order chi connectivity index (χ1) is 16.6. The Morgan fingerprint density at radius 1 is 0.971 bits per heavy atom. The molecule has 188 valence electrons. The normalized spacial score (nSPS) is 18.7. The molecule has 0 aromatic heterocycles. The third-order valence-corrected chi connectivity index (χ3v) is 9.88. The van der Waals surface area contributed by atoms with Crippen LogP contribution >= 0.6 is 0 Å². The summed E-state index contributed by atoms with van der Waals surface area (Å²) in [5.74, 6) is 5.59. The Hall–Kier alpha value is -3.07. The van der Waals surface area contributed by atoms with E-state index in [2.05, 4.69) is 11.8 Å². The van der Waals surface area contributed by atoms with Crippen LogP contribution in [0.25, 0.3) is 0 Å². The summed E-state index contributed by atoms with van der Waals surface area (Å²) < 4.78 is 69.5. The van der Waals surface area contributed by atoms with Crippen molar-refractivity contribution in [1.82, 2.24) is 4.31 Å². The monoisotopic (exact) mass is 521 g/mol. The zero-order chi connectivity index (χ0) is 25.6. The molecule has 11 heteroatoms. The maximum absolute atomic E-state index is 13.3. The molecule has 0 N–H and O–H groups in total. The van der Waals surface area contributed by atoms with E-state index in [9.17, 15) is 21.6 Å². The van der Waals surface area contributed by atoms with Gasteiger partial charge in [-0.25, -0.2) is 16.8 Å². The number of rotatable bonds is 8. The molecule has 2 aromatic carbocycles. The van der Waals surface area contributed by atoms with Crippen LogP contribution in [0.15, 0.2) is 58.3 Å². The predicted molar refractivity (Wildman–Crippen MR) is 128 cm³/mol. The van der Waals surface area contributed by atoms with Crippen molar-refractivity contribution in [3.8, 4) is 23.3 Å². The molecule has 1 fully saturated rings. The number of hydrogen-bond donors (Lipinski definition) is 0. The molecule has 3 rings (SSSR count). The van der Waals surface area contributed by atoms with Gasteiger partial charge in [-0.2, -0.15) is 4.31 Å². The second-order valence-electron chi connectivity index (χ2n) is 7.71. The SMILES string of the molecule is CC#CCOc1ccc(S(=O)(=O)C2CCN(S(=O)(=O)c3ccc(OC)cc3)C(C(=O)OC)C2)cc1. The van der Waals surface area contributed by atoms with Gasteiger partial charge in [-0.15, -0.1) is 5.92 Å². The highest BCUT2D eigenvalue weighted by Crippen LogP contribution is 2.33. The number of sulfone groups is 1. The molecular formula is C24H27NO8S2. The molecule has 35 heavy (non-hydrogen) atoms. The Labute approximate surface area is 206 Å². The number of esters is 1. The Morgan fingerprint density at radius 3 is 2.14 bits per heavy atom. The molecular weight excluding hydrogens is 494 g/mol. The molecule has 2 unspecified atom stereocenters. The van der Waals surface area contributed by atoms with E-state index in [1.807, 2.05) is 0 Å². The van der Waals surface area contributed by atoms with E-state index in [-0.39, 0.29) is 35.8 Å². The third kappa shape index (κ3) is 5.78. The fraction of sp³-hybridized carbons (Fsp3) is 0.375. The zero-order valence-electron chi connectivity index (χ0n) is 19.6. The van der Waals surface area contributed by atoms with Crippen LogP contribution in [0, 0.1) is 11.8 Å². The highest BCUT2D eigenvalue weighted by molar-refractivity contribution is 7.92. The van der Waals surface area contributed by atoms with Crippen LogP contribution in [0.2, 0.25) is 0 Å². The summed E-state index contributed by atoms with van der Waals surface area (Å²) in [7, 11) is -5.34. The lowest BCUT2D eigenvalue weighted by Crippen LogP contribution is -2.52. The first-order valence-electron chi connectivity index (χ1n) is 10.7. The highest BCUT2D eigenvalue weighted by Gasteiger charge is 2.45. The lowest BCUT2D eigenvalue weighted by Gasteiger charge is -2.36. The topological polar surface area (TPSA) is 116 Å². The van der Waals surface area contributed by atoms with Crippen molar-refractivity contribution < 1.29 is 35.8 Å². The molecule has 0 saturated carbocycles. The van der Waals surface area contributed by atoms with Crippen LogP contribution < -0.4 is 9.47 Å². The summed E-state index contributed by atoms with van der Waals surface area (Å²) in [5.41, 5.74) is 0. The Balaban J connectivity index is 1.85. The number of ether oxygens (including phenoxy) is 3. The van der Waals surface area contributed by atoms with Gasteiger partial charge >= 0.3 is 5.97 Å². The van der Waals surface area contributed by atoms with Crippen molar-refractivity contribution in [2.24, 2.45) is 0 Å². The van der Waals surface area contributed by atoms with Crippen molar-refractivity contribution >= 4 is 25.8 Å². The fourth-order valence-electron chi connectivity index (χ4n) is 3.82. The van der Waals surface area contributed by atoms with Gasteiger partial charge in [0.25, 0.3) is 0 Å². The van der Waals surface area contributed by atoms with Crippen LogP contribution in [-0.4, -0.2) is 65.8 Å². The lowest BCUT2D eigenvalue weighted by molar-refractivity contribution is -0.146. The van der Waals surface area contributed by atoms with Crippen LogP contribution in [0.1, 0.15) is 19.8 Å².